The van der Waals surface area contributed by atoms with Gasteiger partial charge in [-0.1, -0.05) is 40.5 Å². The highest BCUT2D eigenvalue weighted by Crippen LogP contribution is 2.30. The van der Waals surface area contributed by atoms with Gasteiger partial charge in [0.1, 0.15) is 0 Å². The van der Waals surface area contributed by atoms with Crippen molar-refractivity contribution >= 4 is 10.8 Å². The van der Waals surface area contributed by atoms with Crippen LogP contribution in [-0.2, 0) is 10.8 Å². The Morgan fingerprint density at radius 3 is 2.58 bits per heavy atom. The minimum Gasteiger partial charge on any atom is -0.313 e. The maximum atomic E-state index is 12.7. The molecule has 2 nitrogen and oxygen atoms in total. The lowest BCUT2D eigenvalue weighted by molar-refractivity contribution is 0.291. The summed E-state index contributed by atoms with van der Waals surface area (Å²) in [5, 5.41) is 4.03. The van der Waals surface area contributed by atoms with E-state index in [2.05, 4.69) is 33.0 Å². The zero-order valence-electron chi connectivity index (χ0n) is 13.3. The summed E-state index contributed by atoms with van der Waals surface area (Å²) in [5.41, 5.74) is 0. The fraction of sp³-hybridized carbons (Fsp3) is 1.00. The van der Waals surface area contributed by atoms with Gasteiger partial charge in [0.25, 0.3) is 0 Å². The molecule has 1 rings (SSSR count). The van der Waals surface area contributed by atoms with Crippen LogP contribution in [0.1, 0.15) is 66.2 Å². The van der Waals surface area contributed by atoms with Crippen molar-refractivity contribution < 1.29 is 4.21 Å². The fourth-order valence-corrected chi connectivity index (χ4v) is 5.09. The van der Waals surface area contributed by atoms with Crippen molar-refractivity contribution in [1.82, 2.24) is 5.32 Å². The quantitative estimate of drug-likeness (QED) is 0.737. The van der Waals surface area contributed by atoms with Gasteiger partial charge >= 0.3 is 0 Å². The Bertz CT molecular complexity index is 269. The highest BCUT2D eigenvalue weighted by atomic mass is 32.2. The molecule has 0 radical (unpaired) electrons. The zero-order chi connectivity index (χ0) is 14.3. The molecule has 5 atom stereocenters. The van der Waals surface area contributed by atoms with Crippen LogP contribution in [0.5, 0.6) is 0 Å². The summed E-state index contributed by atoms with van der Waals surface area (Å²) in [6.07, 6.45) is 7.25. The van der Waals surface area contributed by atoms with E-state index < -0.39 is 10.8 Å². The van der Waals surface area contributed by atoms with Crippen LogP contribution >= 0.6 is 0 Å². The maximum absolute atomic E-state index is 12.7. The second-order valence-electron chi connectivity index (χ2n) is 6.25. The van der Waals surface area contributed by atoms with Crippen LogP contribution < -0.4 is 5.32 Å². The van der Waals surface area contributed by atoms with Crippen molar-refractivity contribution in [3.8, 4) is 0 Å². The lowest BCUT2D eigenvalue weighted by Gasteiger charge is -2.36. The predicted octanol–water partition coefficient (Wildman–Crippen LogP) is 3.73. The van der Waals surface area contributed by atoms with Gasteiger partial charge in [-0.15, -0.1) is 0 Å². The Labute approximate surface area is 122 Å². The summed E-state index contributed by atoms with van der Waals surface area (Å²) in [6.45, 7) is 9.98. The second-order valence-corrected chi connectivity index (χ2v) is 7.95. The largest absolute Gasteiger partial charge is 0.313 e. The summed E-state index contributed by atoms with van der Waals surface area (Å²) in [6, 6.07) is 0.493. The predicted molar refractivity (Wildman–Crippen MR) is 86.0 cm³/mol. The molecule has 0 amide bonds. The van der Waals surface area contributed by atoms with Crippen molar-refractivity contribution in [1.29, 1.82) is 0 Å². The first kappa shape index (κ1) is 17.2. The van der Waals surface area contributed by atoms with Crippen LogP contribution in [-0.4, -0.2) is 27.8 Å². The van der Waals surface area contributed by atoms with Crippen LogP contribution in [0.15, 0.2) is 0 Å². The van der Waals surface area contributed by atoms with Crippen molar-refractivity contribution in [2.45, 2.75) is 77.5 Å². The molecule has 0 aliphatic heterocycles. The fourth-order valence-electron chi connectivity index (χ4n) is 2.96. The van der Waals surface area contributed by atoms with Gasteiger partial charge in [0.15, 0.2) is 0 Å². The first-order valence-corrected chi connectivity index (χ1v) is 9.61. The van der Waals surface area contributed by atoms with E-state index in [0.717, 1.165) is 24.6 Å². The van der Waals surface area contributed by atoms with E-state index in [9.17, 15) is 4.21 Å². The molecule has 1 aliphatic carbocycles. The van der Waals surface area contributed by atoms with E-state index in [4.69, 9.17) is 0 Å². The third kappa shape index (κ3) is 5.55. The highest BCUT2D eigenvalue weighted by molar-refractivity contribution is 7.85. The maximum Gasteiger partial charge on any atom is 0.0503 e. The Kier molecular flexibility index (Phi) is 8.24. The average molecular weight is 288 g/mol. The van der Waals surface area contributed by atoms with Gasteiger partial charge in [-0.25, -0.2) is 0 Å². The van der Waals surface area contributed by atoms with E-state index in [1.165, 1.54) is 32.1 Å². The lowest BCUT2D eigenvalue weighted by atomic mass is 9.84. The average Bonchev–Trinajstić information content (AvgIpc) is 2.44. The number of nitrogens with one attached hydrogen (secondary N) is 1. The van der Waals surface area contributed by atoms with Gasteiger partial charge in [-0.3, -0.25) is 4.21 Å². The Morgan fingerprint density at radius 2 is 2.00 bits per heavy atom. The summed E-state index contributed by atoms with van der Waals surface area (Å²) in [4.78, 5) is 0. The first-order valence-electron chi connectivity index (χ1n) is 8.22. The topological polar surface area (TPSA) is 29.1 Å². The molecule has 114 valence electrons. The first-order chi connectivity index (χ1) is 9.12. The molecular formula is C16H33NOS. The molecule has 1 saturated carbocycles. The Hall–Kier alpha value is 0.110. The summed E-state index contributed by atoms with van der Waals surface area (Å²) in [7, 11) is -0.655. The summed E-state index contributed by atoms with van der Waals surface area (Å²) < 4.78 is 12.7. The third-order valence-electron chi connectivity index (χ3n) is 4.62. The van der Waals surface area contributed by atoms with Crippen molar-refractivity contribution in [3.05, 3.63) is 0 Å². The highest BCUT2D eigenvalue weighted by Gasteiger charge is 2.33. The van der Waals surface area contributed by atoms with Gasteiger partial charge < -0.3 is 5.32 Å². The molecule has 0 heterocycles. The number of rotatable bonds is 8. The van der Waals surface area contributed by atoms with E-state index in [1.807, 2.05) is 0 Å². The minimum atomic E-state index is -0.655. The lowest BCUT2D eigenvalue weighted by Crippen LogP contribution is -2.47. The molecule has 19 heavy (non-hydrogen) atoms. The monoisotopic (exact) mass is 287 g/mol. The molecular weight excluding hydrogens is 254 g/mol. The molecule has 1 fully saturated rings. The van der Waals surface area contributed by atoms with Crippen LogP contribution in [0.25, 0.3) is 0 Å². The van der Waals surface area contributed by atoms with E-state index >= 15 is 0 Å². The Morgan fingerprint density at radius 1 is 1.26 bits per heavy atom. The van der Waals surface area contributed by atoms with Gasteiger partial charge in [-0.2, -0.15) is 0 Å². The SMILES string of the molecule is CCCNC1CCC(CC)CC1S(=O)CC(C)CC. The second kappa shape index (κ2) is 9.12. The van der Waals surface area contributed by atoms with Gasteiger partial charge in [0.2, 0.25) is 0 Å². The van der Waals surface area contributed by atoms with Crippen molar-refractivity contribution in [2.75, 3.05) is 12.3 Å². The van der Waals surface area contributed by atoms with Crippen LogP contribution in [0, 0.1) is 11.8 Å². The van der Waals surface area contributed by atoms with Crippen molar-refractivity contribution in [2.24, 2.45) is 11.8 Å². The van der Waals surface area contributed by atoms with E-state index in [0.29, 0.717) is 17.2 Å². The zero-order valence-corrected chi connectivity index (χ0v) is 14.1. The normalized spacial score (nSPS) is 31.1. The van der Waals surface area contributed by atoms with Gasteiger partial charge in [0, 0.05) is 22.6 Å². The van der Waals surface area contributed by atoms with Crippen LogP contribution in [0.3, 0.4) is 0 Å². The molecule has 0 aromatic carbocycles. The van der Waals surface area contributed by atoms with E-state index in [1.54, 1.807) is 0 Å². The van der Waals surface area contributed by atoms with Gasteiger partial charge in [-0.05, 0) is 44.1 Å². The smallest absolute Gasteiger partial charge is 0.0503 e. The van der Waals surface area contributed by atoms with Crippen LogP contribution in [0.4, 0.5) is 0 Å². The Balaban J connectivity index is 2.61. The number of hydrogen-bond acceptors (Lipinski definition) is 2. The number of hydrogen-bond donors (Lipinski definition) is 1. The minimum absolute atomic E-state index is 0.388. The summed E-state index contributed by atoms with van der Waals surface area (Å²) >= 11 is 0. The summed E-state index contributed by atoms with van der Waals surface area (Å²) in [5.74, 6) is 2.28. The third-order valence-corrected chi connectivity index (χ3v) is 6.71. The molecule has 0 aromatic heterocycles. The van der Waals surface area contributed by atoms with Crippen molar-refractivity contribution in [3.63, 3.8) is 0 Å². The standard InChI is InChI=1S/C16H33NOS/c1-5-10-17-15-9-8-14(7-3)11-16(15)19(18)12-13(4)6-2/h13-17H,5-12H2,1-4H3. The molecule has 0 bridgehead atoms. The molecule has 1 aliphatic rings. The molecule has 0 saturated heterocycles. The van der Waals surface area contributed by atoms with Crippen LogP contribution in [0.2, 0.25) is 0 Å². The molecule has 1 N–H and O–H groups in total. The van der Waals surface area contributed by atoms with Gasteiger partial charge in [0.05, 0.1) is 5.25 Å². The molecule has 0 spiro atoms. The molecule has 0 aromatic rings. The van der Waals surface area contributed by atoms with E-state index in [-0.39, 0.29) is 0 Å². The molecule has 3 heteroatoms. The molecule has 5 unspecified atom stereocenters.